The van der Waals surface area contributed by atoms with Gasteiger partial charge in [0.25, 0.3) is 5.91 Å². The Balaban J connectivity index is 0.00000484. The van der Waals surface area contributed by atoms with Gasteiger partial charge in [-0.3, -0.25) is 9.78 Å². The minimum atomic E-state index is -1.12. The van der Waals surface area contributed by atoms with E-state index in [2.05, 4.69) is 9.72 Å². The zero-order chi connectivity index (χ0) is 16.5. The summed E-state index contributed by atoms with van der Waals surface area (Å²) in [6.45, 7) is 2.27. The number of likely N-dealkylation sites (N-methyl/N-ethyl adjacent to an activating group) is 1. The van der Waals surface area contributed by atoms with E-state index < -0.39 is 18.0 Å². The molecule has 0 bridgehead atoms. The molecule has 8 heteroatoms. The van der Waals surface area contributed by atoms with Crippen LogP contribution in [0.25, 0.3) is 0 Å². The number of nitrogens with zero attached hydrogens (tertiary/aromatic N) is 2. The monoisotopic (exact) mass is 434 g/mol. The van der Waals surface area contributed by atoms with Crippen molar-refractivity contribution in [2.75, 3.05) is 20.7 Å². The minimum absolute atomic E-state index is 0. The van der Waals surface area contributed by atoms with Gasteiger partial charge in [0.2, 0.25) is 6.10 Å². The quantitative estimate of drug-likeness (QED) is 0.383. The highest BCUT2D eigenvalue weighted by atomic mass is 127. The topological polar surface area (TPSA) is 85.8 Å². The van der Waals surface area contributed by atoms with Gasteiger partial charge in [-0.2, -0.15) is 0 Å². The van der Waals surface area contributed by atoms with Gasteiger partial charge in [-0.1, -0.05) is 6.07 Å². The van der Waals surface area contributed by atoms with Gasteiger partial charge in [0.05, 0.1) is 7.11 Å². The van der Waals surface area contributed by atoms with E-state index in [1.165, 1.54) is 18.2 Å². The van der Waals surface area contributed by atoms with E-state index in [0.717, 1.165) is 12.2 Å². The number of halogens is 1. The molecule has 0 aromatic carbocycles. The number of amides is 1. The van der Waals surface area contributed by atoms with Crippen LogP contribution in [0.3, 0.4) is 0 Å². The predicted octanol–water partition coefficient (Wildman–Crippen LogP) is 1.49. The van der Waals surface area contributed by atoms with Crippen LogP contribution < -0.4 is 0 Å². The molecule has 0 saturated carbocycles. The normalized spacial score (nSPS) is 11.3. The number of carbonyl (C=O) groups is 3. The summed E-state index contributed by atoms with van der Waals surface area (Å²) in [5.74, 6) is -1.89. The molecule has 0 aliphatic rings. The number of rotatable bonds is 6. The van der Waals surface area contributed by atoms with Crippen molar-refractivity contribution in [3.8, 4) is 0 Å². The summed E-state index contributed by atoms with van der Waals surface area (Å²) in [4.78, 5) is 40.4. The standard InChI is InChI=1S/C15H18N2O5.HI/c1-4-17(2)15(20)14(11-6-5-9-16-10-11)22-13(19)8-7-12(18)21-3;/h5-10,14H,4H2,1-3H3;1H/b8-7+;. The van der Waals surface area contributed by atoms with E-state index in [-0.39, 0.29) is 29.9 Å². The fourth-order valence-corrected chi connectivity index (χ4v) is 1.51. The third-order valence-corrected chi connectivity index (χ3v) is 2.85. The summed E-state index contributed by atoms with van der Waals surface area (Å²) in [5, 5.41) is 0. The van der Waals surface area contributed by atoms with E-state index in [4.69, 9.17) is 4.74 Å². The lowest BCUT2D eigenvalue weighted by Crippen LogP contribution is -2.33. The molecule has 0 spiro atoms. The molecule has 1 aromatic rings. The number of ether oxygens (including phenoxy) is 2. The Morgan fingerprint density at radius 3 is 2.48 bits per heavy atom. The van der Waals surface area contributed by atoms with Gasteiger partial charge < -0.3 is 14.4 Å². The number of pyridine rings is 1. The Morgan fingerprint density at radius 1 is 1.30 bits per heavy atom. The van der Waals surface area contributed by atoms with Crippen molar-refractivity contribution >= 4 is 41.8 Å². The zero-order valence-electron chi connectivity index (χ0n) is 13.1. The Bertz CT molecular complexity index is 562. The van der Waals surface area contributed by atoms with Crippen LogP contribution in [0, 0.1) is 0 Å². The fourth-order valence-electron chi connectivity index (χ4n) is 1.51. The van der Waals surface area contributed by atoms with Gasteiger partial charge in [0.15, 0.2) is 0 Å². The average molecular weight is 434 g/mol. The summed E-state index contributed by atoms with van der Waals surface area (Å²) in [6.07, 6.45) is 3.72. The number of esters is 2. The van der Waals surface area contributed by atoms with Gasteiger partial charge in [0.1, 0.15) is 0 Å². The van der Waals surface area contributed by atoms with Gasteiger partial charge in [-0.25, -0.2) is 9.59 Å². The van der Waals surface area contributed by atoms with Gasteiger partial charge in [-0.15, -0.1) is 24.0 Å². The second-order valence-corrected chi connectivity index (χ2v) is 4.31. The fraction of sp³-hybridized carbons (Fsp3) is 0.333. The molecule has 1 atom stereocenters. The molecule has 1 rings (SSSR count). The highest BCUT2D eigenvalue weighted by Crippen LogP contribution is 2.19. The van der Waals surface area contributed by atoms with Crippen LogP contribution in [0.1, 0.15) is 18.6 Å². The molecule has 0 aliphatic heterocycles. The molecular weight excluding hydrogens is 415 g/mol. The molecule has 1 amide bonds. The summed E-state index contributed by atoms with van der Waals surface area (Å²) in [6, 6.07) is 3.27. The van der Waals surface area contributed by atoms with Crippen molar-refractivity contribution in [3.05, 3.63) is 42.2 Å². The molecule has 0 aliphatic carbocycles. The lowest BCUT2D eigenvalue weighted by atomic mass is 10.1. The van der Waals surface area contributed by atoms with Crippen LogP contribution in [0.15, 0.2) is 36.7 Å². The molecule has 7 nitrogen and oxygen atoms in total. The SMILES string of the molecule is CCN(C)C(=O)C(OC(=O)/C=C/C(=O)OC)c1cccnc1.I. The summed E-state index contributed by atoms with van der Waals surface area (Å²) in [5.41, 5.74) is 0.451. The van der Waals surface area contributed by atoms with Gasteiger partial charge in [-0.05, 0) is 13.0 Å². The number of carbonyl (C=O) groups excluding carboxylic acids is 3. The van der Waals surface area contributed by atoms with E-state index in [9.17, 15) is 14.4 Å². The first-order valence-corrected chi connectivity index (χ1v) is 6.61. The third-order valence-electron chi connectivity index (χ3n) is 2.85. The molecule has 1 heterocycles. The molecule has 126 valence electrons. The van der Waals surface area contributed by atoms with E-state index in [0.29, 0.717) is 12.1 Å². The van der Waals surface area contributed by atoms with Crippen molar-refractivity contribution in [1.82, 2.24) is 9.88 Å². The summed E-state index contributed by atoms with van der Waals surface area (Å²) >= 11 is 0. The van der Waals surface area contributed by atoms with Crippen LogP contribution in [0.2, 0.25) is 0 Å². The van der Waals surface area contributed by atoms with E-state index in [1.807, 2.05) is 0 Å². The molecule has 0 saturated heterocycles. The van der Waals surface area contributed by atoms with Crippen LogP contribution >= 0.6 is 24.0 Å². The zero-order valence-corrected chi connectivity index (χ0v) is 15.4. The second kappa shape index (κ2) is 10.7. The van der Waals surface area contributed by atoms with Crippen LogP contribution in [-0.2, 0) is 23.9 Å². The maximum atomic E-state index is 12.3. The molecule has 0 fully saturated rings. The van der Waals surface area contributed by atoms with E-state index in [1.54, 1.807) is 32.3 Å². The number of aromatic nitrogens is 1. The Labute approximate surface area is 151 Å². The van der Waals surface area contributed by atoms with Crippen molar-refractivity contribution in [3.63, 3.8) is 0 Å². The maximum absolute atomic E-state index is 12.3. The Kier molecular flexibility index (Phi) is 9.79. The average Bonchev–Trinajstić information content (AvgIpc) is 2.56. The maximum Gasteiger partial charge on any atom is 0.332 e. The van der Waals surface area contributed by atoms with Crippen molar-refractivity contribution < 1.29 is 23.9 Å². The van der Waals surface area contributed by atoms with Crippen molar-refractivity contribution in [2.24, 2.45) is 0 Å². The Morgan fingerprint density at radius 2 is 1.96 bits per heavy atom. The van der Waals surface area contributed by atoms with Gasteiger partial charge in [0, 0.05) is 43.7 Å². The third kappa shape index (κ3) is 6.76. The largest absolute Gasteiger partial charge is 0.466 e. The molecule has 23 heavy (non-hydrogen) atoms. The molecule has 0 radical (unpaired) electrons. The minimum Gasteiger partial charge on any atom is -0.466 e. The van der Waals surface area contributed by atoms with Crippen molar-refractivity contribution in [1.29, 1.82) is 0 Å². The summed E-state index contributed by atoms with van der Waals surface area (Å²) < 4.78 is 9.53. The molecule has 0 N–H and O–H groups in total. The Hall–Kier alpha value is -1.97. The number of methoxy groups -OCH3 is 1. The van der Waals surface area contributed by atoms with Crippen LogP contribution in [0.4, 0.5) is 0 Å². The highest BCUT2D eigenvalue weighted by molar-refractivity contribution is 14.0. The first kappa shape index (κ1) is 21.0. The second-order valence-electron chi connectivity index (χ2n) is 4.31. The van der Waals surface area contributed by atoms with Gasteiger partial charge >= 0.3 is 11.9 Å². The lowest BCUT2D eigenvalue weighted by molar-refractivity contribution is -0.156. The molecule has 1 aromatic heterocycles. The molecular formula is C15H19IN2O5. The summed E-state index contributed by atoms with van der Waals surface area (Å²) in [7, 11) is 2.79. The first-order valence-electron chi connectivity index (χ1n) is 6.61. The first-order chi connectivity index (χ1) is 10.5. The lowest BCUT2D eigenvalue weighted by Gasteiger charge is -2.22. The number of hydrogen-bond acceptors (Lipinski definition) is 6. The van der Waals surface area contributed by atoms with Crippen LogP contribution in [0.5, 0.6) is 0 Å². The van der Waals surface area contributed by atoms with E-state index >= 15 is 0 Å². The van der Waals surface area contributed by atoms with Crippen LogP contribution in [-0.4, -0.2) is 48.4 Å². The number of hydrogen-bond donors (Lipinski definition) is 0. The smallest absolute Gasteiger partial charge is 0.332 e. The molecule has 1 unspecified atom stereocenters. The highest BCUT2D eigenvalue weighted by Gasteiger charge is 2.26. The predicted molar refractivity (Wildman–Crippen MR) is 93.0 cm³/mol. The van der Waals surface area contributed by atoms with Crippen molar-refractivity contribution in [2.45, 2.75) is 13.0 Å².